The second-order valence-corrected chi connectivity index (χ2v) is 12.8. The average molecular weight is 497 g/mol. The van der Waals surface area contributed by atoms with Crippen molar-refractivity contribution in [3.63, 3.8) is 0 Å². The molecule has 1 aromatic carbocycles. The van der Waals surface area contributed by atoms with Crippen LogP contribution in [-0.4, -0.2) is 41.4 Å². The van der Waals surface area contributed by atoms with Crippen molar-refractivity contribution < 1.29 is 22.1 Å². The SMILES string of the molecule is CN([C@@H](c1ccc(C2CC(C)(C)c3c2cnc2cc(F)nn32)cc1)C(F)(F)F)[S+]([O-])C(C)(C)C. The molecule has 0 fully saturated rings. The zero-order valence-electron chi connectivity index (χ0n) is 19.9. The number of nitrogens with zero attached hydrogens (tertiary/aromatic N) is 4. The zero-order chi connectivity index (χ0) is 25.2. The Morgan fingerprint density at radius 1 is 1.18 bits per heavy atom. The molecule has 0 saturated heterocycles. The number of fused-ring (bicyclic) bond motifs is 3. The van der Waals surface area contributed by atoms with Crippen LogP contribution in [0.5, 0.6) is 0 Å². The normalized spacial score (nSPS) is 20.1. The molecule has 2 unspecified atom stereocenters. The van der Waals surface area contributed by atoms with Crippen LogP contribution in [0.25, 0.3) is 5.65 Å². The van der Waals surface area contributed by atoms with E-state index in [9.17, 15) is 22.1 Å². The molecule has 0 N–H and O–H groups in total. The lowest BCUT2D eigenvalue weighted by Gasteiger charge is -2.36. The maximum absolute atomic E-state index is 14.0. The van der Waals surface area contributed by atoms with Gasteiger partial charge in [0.05, 0.1) is 5.69 Å². The highest BCUT2D eigenvalue weighted by atomic mass is 32.2. The van der Waals surface area contributed by atoms with E-state index in [1.807, 2.05) is 13.8 Å². The summed E-state index contributed by atoms with van der Waals surface area (Å²) in [6.07, 6.45) is -2.21. The lowest BCUT2D eigenvalue weighted by Crippen LogP contribution is -2.46. The molecule has 34 heavy (non-hydrogen) atoms. The van der Waals surface area contributed by atoms with Gasteiger partial charge in [0.15, 0.2) is 11.7 Å². The Balaban J connectivity index is 1.71. The van der Waals surface area contributed by atoms with E-state index in [0.29, 0.717) is 12.1 Å². The van der Waals surface area contributed by atoms with Crippen molar-refractivity contribution in [3.8, 4) is 0 Å². The van der Waals surface area contributed by atoms with Gasteiger partial charge in [0.2, 0.25) is 5.95 Å². The van der Waals surface area contributed by atoms with Gasteiger partial charge in [0, 0.05) is 47.6 Å². The van der Waals surface area contributed by atoms with E-state index in [2.05, 4.69) is 10.1 Å². The monoisotopic (exact) mass is 496 g/mol. The predicted octanol–water partition coefficient (Wildman–Crippen LogP) is 5.68. The van der Waals surface area contributed by atoms with E-state index >= 15 is 0 Å². The van der Waals surface area contributed by atoms with Crippen molar-refractivity contribution in [3.05, 3.63) is 64.9 Å². The molecule has 0 radical (unpaired) electrons. The number of rotatable bonds is 4. The van der Waals surface area contributed by atoms with Crippen LogP contribution in [0.1, 0.15) is 75.4 Å². The summed E-state index contributed by atoms with van der Waals surface area (Å²) in [4.78, 5) is 4.33. The van der Waals surface area contributed by atoms with E-state index in [0.717, 1.165) is 21.1 Å². The third-order valence-corrected chi connectivity index (χ3v) is 8.11. The third kappa shape index (κ3) is 4.31. The number of benzene rings is 1. The van der Waals surface area contributed by atoms with Gasteiger partial charge >= 0.3 is 6.18 Å². The van der Waals surface area contributed by atoms with Crippen LogP contribution >= 0.6 is 0 Å². The number of hydrogen-bond acceptors (Lipinski definition) is 4. The number of halogens is 4. The fourth-order valence-corrected chi connectivity index (χ4v) is 6.21. The van der Waals surface area contributed by atoms with Crippen molar-refractivity contribution in [1.82, 2.24) is 18.9 Å². The first kappa shape index (κ1) is 24.9. The van der Waals surface area contributed by atoms with E-state index in [-0.39, 0.29) is 16.9 Å². The highest BCUT2D eigenvalue weighted by Gasteiger charge is 2.50. The standard InChI is InChI=1S/C24H28F4N4OS/c1-22(2,3)34(33)31(6)20(24(26,27)28)15-9-7-14(8-10-15)16-12-23(4,5)21-17(16)13-29-19-11-18(25)30-32(19)21/h7-11,13,16,20H,12H2,1-6H3/t16?,20-,34?/m0/s1. The molecule has 184 valence electrons. The maximum atomic E-state index is 14.0. The molecule has 1 aliphatic rings. The van der Waals surface area contributed by atoms with Crippen molar-refractivity contribution in [2.45, 2.75) is 69.3 Å². The average Bonchev–Trinajstić information content (AvgIpc) is 3.22. The Morgan fingerprint density at radius 2 is 1.79 bits per heavy atom. The zero-order valence-corrected chi connectivity index (χ0v) is 20.8. The van der Waals surface area contributed by atoms with Gasteiger partial charge in [-0.3, -0.25) is 0 Å². The summed E-state index contributed by atoms with van der Waals surface area (Å²) in [5.74, 6) is -0.728. The number of aromatic nitrogens is 3. The van der Waals surface area contributed by atoms with Crippen LogP contribution in [0, 0.1) is 5.95 Å². The molecule has 0 aliphatic heterocycles. The molecule has 4 rings (SSSR count). The van der Waals surface area contributed by atoms with E-state index in [4.69, 9.17) is 0 Å². The van der Waals surface area contributed by atoms with Crippen LogP contribution in [0.2, 0.25) is 0 Å². The van der Waals surface area contributed by atoms with Gasteiger partial charge in [-0.05, 0) is 38.3 Å². The van der Waals surface area contributed by atoms with Crippen molar-refractivity contribution in [2.75, 3.05) is 7.05 Å². The molecule has 2 heterocycles. The molecular weight excluding hydrogens is 468 g/mol. The molecular formula is C24H28F4N4OS. The summed E-state index contributed by atoms with van der Waals surface area (Å²) in [5, 5.41) is 3.96. The Hall–Kier alpha value is -2.17. The fraction of sp³-hybridized carbons (Fsp3) is 0.500. The molecule has 2 aromatic heterocycles. The third-order valence-electron chi connectivity index (χ3n) is 6.33. The Labute approximate surface area is 199 Å². The minimum Gasteiger partial charge on any atom is -0.597 e. The van der Waals surface area contributed by atoms with Crippen molar-refractivity contribution >= 4 is 17.0 Å². The van der Waals surface area contributed by atoms with Gasteiger partial charge in [-0.15, -0.1) is 9.40 Å². The van der Waals surface area contributed by atoms with Gasteiger partial charge in [-0.25, -0.2) is 9.50 Å². The summed E-state index contributed by atoms with van der Waals surface area (Å²) in [6, 6.07) is 5.55. The summed E-state index contributed by atoms with van der Waals surface area (Å²) < 4.78 is 70.2. The summed E-state index contributed by atoms with van der Waals surface area (Å²) in [6.45, 7) is 9.01. The highest BCUT2D eigenvalue weighted by Crippen LogP contribution is 2.49. The molecule has 3 aromatic rings. The molecule has 5 nitrogen and oxygen atoms in total. The van der Waals surface area contributed by atoms with Crippen LogP contribution in [0.3, 0.4) is 0 Å². The minimum atomic E-state index is -4.60. The largest absolute Gasteiger partial charge is 0.597 e. The molecule has 3 atom stereocenters. The first-order valence-electron chi connectivity index (χ1n) is 11.0. The van der Waals surface area contributed by atoms with E-state index in [1.54, 1.807) is 39.1 Å². The molecule has 10 heteroatoms. The summed E-state index contributed by atoms with van der Waals surface area (Å²) >= 11 is -1.85. The smallest absolute Gasteiger partial charge is 0.412 e. The molecule has 0 bridgehead atoms. The van der Waals surface area contributed by atoms with Crippen molar-refractivity contribution in [2.24, 2.45) is 0 Å². The second-order valence-electron chi connectivity index (χ2n) is 10.5. The number of alkyl halides is 3. The topological polar surface area (TPSA) is 56.5 Å². The lowest BCUT2D eigenvalue weighted by atomic mass is 9.86. The summed E-state index contributed by atoms with van der Waals surface area (Å²) in [7, 11) is 1.24. The van der Waals surface area contributed by atoms with Gasteiger partial charge < -0.3 is 4.55 Å². The van der Waals surface area contributed by atoms with Crippen LogP contribution in [0.4, 0.5) is 17.6 Å². The van der Waals surface area contributed by atoms with Gasteiger partial charge in [0.25, 0.3) is 0 Å². The van der Waals surface area contributed by atoms with Gasteiger partial charge in [-0.1, -0.05) is 38.1 Å². The van der Waals surface area contributed by atoms with Crippen molar-refractivity contribution in [1.29, 1.82) is 0 Å². The molecule has 1 aliphatic carbocycles. The van der Waals surface area contributed by atoms with Crippen LogP contribution < -0.4 is 0 Å². The minimum absolute atomic E-state index is 0.0246. The second kappa shape index (κ2) is 8.20. The van der Waals surface area contributed by atoms with Crippen LogP contribution in [-0.2, 0) is 16.8 Å². The van der Waals surface area contributed by atoms with Gasteiger partial charge in [-0.2, -0.15) is 17.6 Å². The highest BCUT2D eigenvalue weighted by molar-refractivity contribution is 7.90. The molecule has 0 amide bonds. The molecule has 0 saturated carbocycles. The Kier molecular flexibility index (Phi) is 6.02. The Bertz CT molecular complexity index is 1200. The first-order valence-corrected chi connectivity index (χ1v) is 12.1. The maximum Gasteiger partial charge on any atom is 0.412 e. The Morgan fingerprint density at radius 3 is 2.35 bits per heavy atom. The fourth-order valence-electron chi connectivity index (χ4n) is 4.91. The summed E-state index contributed by atoms with van der Waals surface area (Å²) in [5.41, 5.74) is 2.68. The lowest BCUT2D eigenvalue weighted by molar-refractivity contribution is -0.171. The van der Waals surface area contributed by atoms with E-state index in [1.165, 1.54) is 29.8 Å². The number of hydrogen-bond donors (Lipinski definition) is 0. The van der Waals surface area contributed by atoms with E-state index < -0.39 is 34.3 Å². The quantitative estimate of drug-likeness (QED) is 0.345. The molecule has 0 spiro atoms. The van der Waals surface area contributed by atoms with Crippen LogP contribution in [0.15, 0.2) is 36.5 Å². The first-order chi connectivity index (χ1) is 15.6. The van der Waals surface area contributed by atoms with Gasteiger partial charge in [0.1, 0.15) is 4.75 Å². The predicted molar refractivity (Wildman–Crippen MR) is 123 cm³/mol.